The topological polar surface area (TPSA) is 50.6 Å². The number of anilines is 1. The molecule has 0 aliphatic carbocycles. The number of rotatable bonds is 7. The van der Waals surface area contributed by atoms with Gasteiger partial charge in [-0.05, 0) is 47.5 Å². The standard InChI is InChI=1S/C29H27ClN4O2/c1-2-16-32-17-19-33(20-18-32)27-21-31-34(25-12-10-24(30)11-13-25)29(35)28(27)36-26-14-8-23(9-15-26)22-6-4-3-5-7-22/h2-15,21H,1,16-20H2. The molecule has 5 rings (SSSR count). The molecular formula is C29H27ClN4O2. The number of ether oxygens (including phenoxy) is 1. The van der Waals surface area contributed by atoms with Crippen molar-refractivity contribution in [2.45, 2.75) is 0 Å². The summed E-state index contributed by atoms with van der Waals surface area (Å²) < 4.78 is 7.62. The molecule has 36 heavy (non-hydrogen) atoms. The number of nitrogens with zero attached hydrogens (tertiary/aromatic N) is 4. The third-order valence-electron chi connectivity index (χ3n) is 6.27. The van der Waals surface area contributed by atoms with Crippen LogP contribution in [0.4, 0.5) is 5.69 Å². The van der Waals surface area contributed by atoms with Crippen LogP contribution in [0.3, 0.4) is 0 Å². The quantitative estimate of drug-likeness (QED) is 0.308. The summed E-state index contributed by atoms with van der Waals surface area (Å²) in [7, 11) is 0. The molecule has 0 saturated carbocycles. The Labute approximate surface area is 215 Å². The number of aromatic nitrogens is 2. The number of hydrogen-bond acceptors (Lipinski definition) is 5. The summed E-state index contributed by atoms with van der Waals surface area (Å²) in [6.07, 6.45) is 3.63. The lowest BCUT2D eigenvalue weighted by Gasteiger charge is -2.35. The maximum Gasteiger partial charge on any atom is 0.316 e. The van der Waals surface area contributed by atoms with Crippen LogP contribution >= 0.6 is 11.6 Å². The zero-order valence-corrected chi connectivity index (χ0v) is 20.6. The van der Waals surface area contributed by atoms with E-state index in [4.69, 9.17) is 16.3 Å². The van der Waals surface area contributed by atoms with Crippen molar-refractivity contribution in [1.29, 1.82) is 0 Å². The van der Waals surface area contributed by atoms with Crippen LogP contribution in [0.5, 0.6) is 11.5 Å². The van der Waals surface area contributed by atoms with Gasteiger partial charge < -0.3 is 9.64 Å². The predicted octanol–water partition coefficient (Wildman–Crippen LogP) is 5.65. The van der Waals surface area contributed by atoms with E-state index < -0.39 is 0 Å². The maximum absolute atomic E-state index is 13.7. The Morgan fingerprint density at radius 3 is 2.22 bits per heavy atom. The molecule has 0 unspecified atom stereocenters. The number of hydrogen-bond donors (Lipinski definition) is 0. The lowest BCUT2D eigenvalue weighted by Crippen LogP contribution is -2.47. The highest BCUT2D eigenvalue weighted by Gasteiger charge is 2.23. The molecule has 1 fully saturated rings. The molecule has 3 aromatic carbocycles. The molecule has 0 spiro atoms. The predicted molar refractivity (Wildman–Crippen MR) is 146 cm³/mol. The molecule has 0 atom stereocenters. The van der Waals surface area contributed by atoms with Gasteiger partial charge in [0.05, 0.1) is 11.9 Å². The van der Waals surface area contributed by atoms with Crippen molar-refractivity contribution in [3.63, 3.8) is 0 Å². The molecule has 182 valence electrons. The van der Waals surface area contributed by atoms with E-state index in [-0.39, 0.29) is 11.3 Å². The largest absolute Gasteiger partial charge is 0.449 e. The summed E-state index contributed by atoms with van der Waals surface area (Å²) in [6.45, 7) is 7.96. The minimum Gasteiger partial charge on any atom is -0.449 e. The van der Waals surface area contributed by atoms with Crippen LogP contribution in [0.2, 0.25) is 5.02 Å². The van der Waals surface area contributed by atoms with Gasteiger partial charge in [-0.3, -0.25) is 9.69 Å². The summed E-state index contributed by atoms with van der Waals surface area (Å²) in [5.74, 6) is 0.844. The molecular weight excluding hydrogens is 472 g/mol. The molecule has 6 nitrogen and oxygen atoms in total. The van der Waals surface area contributed by atoms with Crippen molar-refractivity contribution in [2.24, 2.45) is 0 Å². The van der Waals surface area contributed by atoms with Crippen molar-refractivity contribution in [3.8, 4) is 28.3 Å². The van der Waals surface area contributed by atoms with E-state index in [1.165, 1.54) is 4.68 Å². The average molecular weight is 499 g/mol. The van der Waals surface area contributed by atoms with Crippen molar-refractivity contribution in [3.05, 3.63) is 113 Å². The fourth-order valence-corrected chi connectivity index (χ4v) is 4.46. The van der Waals surface area contributed by atoms with Gasteiger partial charge in [0, 0.05) is 37.7 Å². The zero-order chi connectivity index (χ0) is 24.9. The van der Waals surface area contributed by atoms with Crippen molar-refractivity contribution < 1.29 is 4.74 Å². The minimum absolute atomic E-state index is 0.254. The van der Waals surface area contributed by atoms with Crippen LogP contribution in [-0.4, -0.2) is 47.4 Å². The van der Waals surface area contributed by atoms with Gasteiger partial charge in [-0.15, -0.1) is 6.58 Å². The first-order chi connectivity index (χ1) is 17.6. The molecule has 1 aliphatic heterocycles. The summed E-state index contributed by atoms with van der Waals surface area (Å²) in [5.41, 5.74) is 3.19. The van der Waals surface area contributed by atoms with Crippen LogP contribution in [0.25, 0.3) is 16.8 Å². The monoisotopic (exact) mass is 498 g/mol. The summed E-state index contributed by atoms with van der Waals surface area (Å²) in [4.78, 5) is 18.2. The van der Waals surface area contributed by atoms with E-state index in [0.29, 0.717) is 22.1 Å². The summed E-state index contributed by atoms with van der Waals surface area (Å²) >= 11 is 6.05. The highest BCUT2D eigenvalue weighted by atomic mass is 35.5. The molecule has 1 aliphatic rings. The first-order valence-corrected chi connectivity index (χ1v) is 12.3. The molecule has 4 aromatic rings. The van der Waals surface area contributed by atoms with Crippen LogP contribution < -0.4 is 15.2 Å². The number of halogens is 1. The molecule has 1 saturated heterocycles. The first kappa shape index (κ1) is 23.9. The average Bonchev–Trinajstić information content (AvgIpc) is 2.92. The van der Waals surface area contributed by atoms with Crippen molar-refractivity contribution in [1.82, 2.24) is 14.7 Å². The summed E-state index contributed by atoms with van der Waals surface area (Å²) in [5, 5.41) is 5.07. The van der Waals surface area contributed by atoms with E-state index in [0.717, 1.165) is 43.9 Å². The molecule has 7 heteroatoms. The fourth-order valence-electron chi connectivity index (χ4n) is 4.33. The van der Waals surface area contributed by atoms with Crippen LogP contribution in [0, 0.1) is 0 Å². The maximum atomic E-state index is 13.7. The van der Waals surface area contributed by atoms with E-state index in [2.05, 4.69) is 33.6 Å². The normalized spacial score (nSPS) is 14.0. The second kappa shape index (κ2) is 10.8. The smallest absolute Gasteiger partial charge is 0.316 e. The molecule has 0 radical (unpaired) electrons. The second-order valence-corrected chi connectivity index (χ2v) is 9.06. The van der Waals surface area contributed by atoms with E-state index >= 15 is 0 Å². The third-order valence-corrected chi connectivity index (χ3v) is 6.52. The van der Waals surface area contributed by atoms with Gasteiger partial charge >= 0.3 is 5.56 Å². The van der Waals surface area contributed by atoms with Gasteiger partial charge in [0.25, 0.3) is 0 Å². The van der Waals surface area contributed by atoms with Gasteiger partial charge in [-0.2, -0.15) is 9.78 Å². The first-order valence-electron chi connectivity index (χ1n) is 11.9. The third kappa shape index (κ3) is 5.20. The minimum atomic E-state index is -0.324. The Kier molecular flexibility index (Phi) is 7.16. The van der Waals surface area contributed by atoms with E-state index in [9.17, 15) is 4.79 Å². The van der Waals surface area contributed by atoms with Crippen molar-refractivity contribution in [2.75, 3.05) is 37.6 Å². The molecule has 2 heterocycles. The lowest BCUT2D eigenvalue weighted by molar-refractivity contribution is 0.283. The fraction of sp³-hybridized carbons (Fsp3) is 0.172. The highest BCUT2D eigenvalue weighted by Crippen LogP contribution is 2.31. The van der Waals surface area contributed by atoms with Crippen molar-refractivity contribution >= 4 is 17.3 Å². The van der Waals surface area contributed by atoms with Gasteiger partial charge in [-0.1, -0.05) is 60.1 Å². The SMILES string of the molecule is C=CCN1CCN(c2cnn(-c3ccc(Cl)cc3)c(=O)c2Oc2ccc(-c3ccccc3)cc2)CC1. The van der Waals surface area contributed by atoms with Gasteiger partial charge in [0.2, 0.25) is 5.75 Å². The molecule has 1 aromatic heterocycles. The Morgan fingerprint density at radius 2 is 1.56 bits per heavy atom. The molecule has 0 N–H and O–H groups in total. The van der Waals surface area contributed by atoms with Gasteiger partial charge in [-0.25, -0.2) is 0 Å². The second-order valence-electron chi connectivity index (χ2n) is 8.62. The Balaban J connectivity index is 1.49. The van der Waals surface area contributed by atoms with Crippen LogP contribution in [-0.2, 0) is 0 Å². The van der Waals surface area contributed by atoms with E-state index in [1.54, 1.807) is 30.5 Å². The summed E-state index contributed by atoms with van der Waals surface area (Å²) in [6, 6.07) is 24.9. The molecule has 0 amide bonds. The molecule has 0 bridgehead atoms. The van der Waals surface area contributed by atoms with E-state index in [1.807, 2.05) is 48.5 Å². The van der Waals surface area contributed by atoms with Crippen LogP contribution in [0.1, 0.15) is 0 Å². The van der Waals surface area contributed by atoms with Crippen LogP contribution in [0.15, 0.2) is 103 Å². The zero-order valence-electron chi connectivity index (χ0n) is 19.9. The Hall–Kier alpha value is -3.87. The number of piperazine rings is 1. The lowest BCUT2D eigenvalue weighted by atomic mass is 10.1. The highest BCUT2D eigenvalue weighted by molar-refractivity contribution is 6.30. The van der Waals surface area contributed by atoms with Gasteiger partial charge in [0.15, 0.2) is 0 Å². The Bertz CT molecular complexity index is 1380. The Morgan fingerprint density at radius 1 is 0.889 bits per heavy atom. The van der Waals surface area contributed by atoms with Gasteiger partial charge in [0.1, 0.15) is 11.4 Å². The number of benzene rings is 3.